The fourth-order valence-electron chi connectivity index (χ4n) is 1.87. The summed E-state index contributed by atoms with van der Waals surface area (Å²) >= 11 is 0. The van der Waals surface area contributed by atoms with Gasteiger partial charge in [-0.15, -0.1) is 0 Å². The second kappa shape index (κ2) is 3.82. The summed E-state index contributed by atoms with van der Waals surface area (Å²) in [5.74, 6) is 0.279. The summed E-state index contributed by atoms with van der Waals surface area (Å²) in [4.78, 5) is 11.3. The SMILES string of the molecule is CCc1cc(C)c(C(C)=O)c(C)c1O. The van der Waals surface area contributed by atoms with E-state index < -0.39 is 0 Å². The molecular formula is C12H16O2. The van der Waals surface area contributed by atoms with Gasteiger partial charge in [-0.2, -0.15) is 0 Å². The van der Waals surface area contributed by atoms with Gasteiger partial charge in [-0.05, 0) is 38.3 Å². The third kappa shape index (κ3) is 1.65. The van der Waals surface area contributed by atoms with E-state index in [2.05, 4.69) is 0 Å². The van der Waals surface area contributed by atoms with Gasteiger partial charge < -0.3 is 5.11 Å². The van der Waals surface area contributed by atoms with Gasteiger partial charge in [0.25, 0.3) is 0 Å². The average molecular weight is 192 g/mol. The number of phenols is 1. The normalized spacial score (nSPS) is 10.3. The molecule has 0 saturated carbocycles. The van der Waals surface area contributed by atoms with Gasteiger partial charge in [0.2, 0.25) is 0 Å². The molecular weight excluding hydrogens is 176 g/mol. The van der Waals surface area contributed by atoms with Gasteiger partial charge in [-0.3, -0.25) is 4.79 Å². The van der Waals surface area contributed by atoms with E-state index in [1.54, 1.807) is 6.92 Å². The zero-order valence-electron chi connectivity index (χ0n) is 9.14. The minimum Gasteiger partial charge on any atom is -0.507 e. The van der Waals surface area contributed by atoms with Gasteiger partial charge >= 0.3 is 0 Å². The van der Waals surface area contributed by atoms with Crippen LogP contribution >= 0.6 is 0 Å². The number of aryl methyl sites for hydroxylation is 2. The highest BCUT2D eigenvalue weighted by Crippen LogP contribution is 2.28. The predicted molar refractivity (Wildman–Crippen MR) is 57.0 cm³/mol. The summed E-state index contributed by atoms with van der Waals surface area (Å²) in [6.07, 6.45) is 0.783. The van der Waals surface area contributed by atoms with Crippen LogP contribution in [0, 0.1) is 13.8 Å². The van der Waals surface area contributed by atoms with E-state index >= 15 is 0 Å². The molecule has 2 heteroatoms. The van der Waals surface area contributed by atoms with Crippen molar-refractivity contribution in [3.05, 3.63) is 28.3 Å². The highest BCUT2D eigenvalue weighted by Gasteiger charge is 2.14. The first-order valence-corrected chi connectivity index (χ1v) is 4.82. The molecule has 0 aliphatic carbocycles. The average Bonchev–Trinajstić information content (AvgIpc) is 2.10. The standard InChI is InChI=1S/C12H16O2/c1-5-10-6-7(2)11(9(4)13)8(3)12(10)14/h6,14H,5H2,1-4H3. The fraction of sp³-hybridized carbons (Fsp3) is 0.417. The van der Waals surface area contributed by atoms with Gasteiger partial charge in [-0.25, -0.2) is 0 Å². The van der Waals surface area contributed by atoms with Crippen LogP contribution in [0.5, 0.6) is 5.75 Å². The Morgan fingerprint density at radius 1 is 1.43 bits per heavy atom. The second-order valence-electron chi connectivity index (χ2n) is 3.61. The lowest BCUT2D eigenvalue weighted by Crippen LogP contribution is -2.02. The Bertz CT molecular complexity index is 378. The van der Waals surface area contributed by atoms with Crippen LogP contribution in [-0.4, -0.2) is 10.9 Å². The van der Waals surface area contributed by atoms with Crippen molar-refractivity contribution >= 4 is 5.78 Å². The van der Waals surface area contributed by atoms with E-state index in [0.29, 0.717) is 11.1 Å². The van der Waals surface area contributed by atoms with Crippen molar-refractivity contribution in [1.82, 2.24) is 0 Å². The topological polar surface area (TPSA) is 37.3 Å². The van der Waals surface area contributed by atoms with Crippen LogP contribution in [-0.2, 0) is 6.42 Å². The molecule has 0 atom stereocenters. The Morgan fingerprint density at radius 2 is 2.00 bits per heavy atom. The number of benzene rings is 1. The highest BCUT2D eigenvalue weighted by molar-refractivity contribution is 5.97. The summed E-state index contributed by atoms with van der Waals surface area (Å²) in [5.41, 5.74) is 3.21. The molecule has 0 aliphatic heterocycles. The van der Waals surface area contributed by atoms with Crippen LogP contribution in [0.15, 0.2) is 6.07 Å². The molecule has 0 unspecified atom stereocenters. The summed E-state index contributed by atoms with van der Waals surface area (Å²) in [7, 11) is 0. The van der Waals surface area contributed by atoms with Crippen LogP contribution < -0.4 is 0 Å². The van der Waals surface area contributed by atoms with Crippen molar-refractivity contribution in [3.63, 3.8) is 0 Å². The van der Waals surface area contributed by atoms with Crippen LogP contribution in [0.4, 0.5) is 0 Å². The molecule has 0 aromatic heterocycles. The number of ketones is 1. The monoisotopic (exact) mass is 192 g/mol. The molecule has 0 radical (unpaired) electrons. The predicted octanol–water partition coefficient (Wildman–Crippen LogP) is 2.77. The largest absolute Gasteiger partial charge is 0.507 e. The second-order valence-corrected chi connectivity index (χ2v) is 3.61. The maximum atomic E-state index is 11.3. The van der Waals surface area contributed by atoms with Crippen LogP contribution in [0.2, 0.25) is 0 Å². The molecule has 0 heterocycles. The molecule has 76 valence electrons. The molecule has 1 aromatic carbocycles. The lowest BCUT2D eigenvalue weighted by atomic mass is 9.94. The summed E-state index contributed by atoms with van der Waals surface area (Å²) in [6, 6.07) is 1.89. The van der Waals surface area contributed by atoms with Crippen LogP contribution in [0.1, 0.15) is 40.9 Å². The van der Waals surface area contributed by atoms with Gasteiger partial charge in [0.1, 0.15) is 5.75 Å². The summed E-state index contributed by atoms with van der Waals surface area (Å²) in [6.45, 7) is 7.21. The molecule has 2 nitrogen and oxygen atoms in total. The van der Waals surface area contributed by atoms with Gasteiger partial charge in [0, 0.05) is 11.1 Å². The zero-order valence-corrected chi connectivity index (χ0v) is 9.14. The van der Waals surface area contributed by atoms with E-state index in [4.69, 9.17) is 0 Å². The first-order valence-electron chi connectivity index (χ1n) is 4.82. The smallest absolute Gasteiger partial charge is 0.160 e. The number of carbonyl (C=O) groups is 1. The van der Waals surface area contributed by atoms with Crippen molar-refractivity contribution in [2.24, 2.45) is 0 Å². The molecule has 0 bridgehead atoms. The quantitative estimate of drug-likeness (QED) is 0.731. The number of hydrogen-bond donors (Lipinski definition) is 1. The molecule has 1 N–H and O–H groups in total. The molecule has 0 amide bonds. The first kappa shape index (κ1) is 10.8. The number of aromatic hydroxyl groups is 1. The molecule has 1 rings (SSSR count). The van der Waals surface area contributed by atoms with E-state index in [-0.39, 0.29) is 11.5 Å². The van der Waals surface area contributed by atoms with E-state index in [1.165, 1.54) is 6.92 Å². The van der Waals surface area contributed by atoms with Crippen molar-refractivity contribution in [2.45, 2.75) is 34.1 Å². The molecule has 0 fully saturated rings. The van der Waals surface area contributed by atoms with Crippen molar-refractivity contribution in [1.29, 1.82) is 0 Å². The van der Waals surface area contributed by atoms with Crippen LogP contribution in [0.3, 0.4) is 0 Å². The van der Waals surface area contributed by atoms with E-state index in [9.17, 15) is 9.90 Å². The molecule has 1 aromatic rings. The Kier molecular flexibility index (Phi) is 2.94. The van der Waals surface area contributed by atoms with E-state index in [0.717, 1.165) is 17.5 Å². The Balaban J connectivity index is 3.49. The van der Waals surface area contributed by atoms with Crippen molar-refractivity contribution in [2.75, 3.05) is 0 Å². The number of carbonyl (C=O) groups excluding carboxylic acids is 1. The number of Topliss-reactive ketones (excluding diaryl/α,β-unsaturated/α-hetero) is 1. The molecule has 0 aliphatic rings. The molecule has 0 saturated heterocycles. The Morgan fingerprint density at radius 3 is 2.43 bits per heavy atom. The van der Waals surface area contributed by atoms with Crippen molar-refractivity contribution < 1.29 is 9.90 Å². The van der Waals surface area contributed by atoms with Gasteiger partial charge in [-0.1, -0.05) is 13.0 Å². The number of phenolic OH excluding ortho intramolecular Hbond substituents is 1. The maximum Gasteiger partial charge on any atom is 0.160 e. The van der Waals surface area contributed by atoms with Gasteiger partial charge in [0.15, 0.2) is 5.78 Å². The van der Waals surface area contributed by atoms with E-state index in [1.807, 2.05) is 19.9 Å². The first-order chi connectivity index (χ1) is 6.49. The fourth-order valence-corrected chi connectivity index (χ4v) is 1.87. The summed E-state index contributed by atoms with van der Waals surface area (Å²) < 4.78 is 0. The van der Waals surface area contributed by atoms with Crippen LogP contribution in [0.25, 0.3) is 0 Å². The third-order valence-corrected chi connectivity index (χ3v) is 2.55. The minimum absolute atomic E-state index is 0.0120. The maximum absolute atomic E-state index is 11.3. The molecule has 0 spiro atoms. The lowest BCUT2D eigenvalue weighted by Gasteiger charge is -2.12. The molecule has 14 heavy (non-hydrogen) atoms. The Labute approximate surface area is 84.6 Å². The lowest BCUT2D eigenvalue weighted by molar-refractivity contribution is 0.101. The third-order valence-electron chi connectivity index (χ3n) is 2.55. The van der Waals surface area contributed by atoms with Gasteiger partial charge in [0.05, 0.1) is 0 Å². The zero-order chi connectivity index (χ0) is 10.9. The number of rotatable bonds is 2. The highest BCUT2D eigenvalue weighted by atomic mass is 16.3. The summed E-state index contributed by atoms with van der Waals surface area (Å²) in [5, 5.41) is 9.80. The Hall–Kier alpha value is -1.31. The number of hydrogen-bond acceptors (Lipinski definition) is 2. The van der Waals surface area contributed by atoms with Crippen molar-refractivity contribution in [3.8, 4) is 5.75 Å². The minimum atomic E-state index is 0.0120.